The number of nitrogens with one attached hydrogen (secondary N) is 1. The van der Waals surface area contributed by atoms with E-state index >= 15 is 0 Å². The van der Waals surface area contributed by atoms with Gasteiger partial charge in [-0.3, -0.25) is 19.7 Å². The first-order valence-electron chi connectivity index (χ1n) is 10.8. The van der Waals surface area contributed by atoms with Crippen LogP contribution in [0.1, 0.15) is 48.8 Å². The molecule has 0 bridgehead atoms. The minimum atomic E-state index is -4.62. The number of aromatic nitrogens is 2. The van der Waals surface area contributed by atoms with Gasteiger partial charge in [0.05, 0.1) is 17.8 Å². The molecule has 9 nitrogen and oxygen atoms in total. The van der Waals surface area contributed by atoms with Crippen LogP contribution in [0.3, 0.4) is 0 Å². The van der Waals surface area contributed by atoms with Gasteiger partial charge in [0.2, 0.25) is 5.91 Å². The lowest BCUT2D eigenvalue weighted by Gasteiger charge is -2.27. The van der Waals surface area contributed by atoms with E-state index in [0.717, 1.165) is 29.4 Å². The number of likely N-dealkylation sites (tertiary alicyclic amines) is 1. The highest BCUT2D eigenvalue weighted by atomic mass is 19.4. The molecule has 3 rings (SSSR count). The molecule has 0 saturated carbocycles. The second-order valence-electron chi connectivity index (χ2n) is 9.16. The first-order chi connectivity index (χ1) is 16.7. The van der Waals surface area contributed by atoms with Crippen molar-refractivity contribution >= 4 is 18.0 Å². The van der Waals surface area contributed by atoms with Gasteiger partial charge in [-0.25, -0.2) is 14.0 Å². The molecule has 36 heavy (non-hydrogen) atoms. The average Bonchev–Trinajstić information content (AvgIpc) is 3.17. The topological polar surface area (TPSA) is 122 Å². The average molecular weight is 512 g/mol. The van der Waals surface area contributed by atoms with Crippen LogP contribution in [0.25, 0.3) is 11.3 Å². The third-order valence-corrected chi connectivity index (χ3v) is 5.20. The Kier molecular flexibility index (Phi) is 7.51. The molecule has 0 spiro atoms. The van der Waals surface area contributed by atoms with Crippen molar-refractivity contribution in [2.24, 2.45) is 0 Å². The number of carbonyl (C=O) groups excluding carboxylic acids is 2. The highest BCUT2D eigenvalue weighted by molar-refractivity contribution is 5.90. The Bertz CT molecular complexity index is 1150. The summed E-state index contributed by atoms with van der Waals surface area (Å²) >= 11 is 0. The molecular formula is C23H24F4N4O5. The maximum atomic E-state index is 14.1. The van der Waals surface area contributed by atoms with Crippen LogP contribution in [0.4, 0.5) is 22.4 Å². The highest BCUT2D eigenvalue weighted by Crippen LogP contribution is 2.29. The molecule has 3 heterocycles. The Hall–Kier alpha value is -3.77. The van der Waals surface area contributed by atoms with Crippen LogP contribution in [-0.4, -0.2) is 62.3 Å². The third kappa shape index (κ3) is 6.46. The van der Waals surface area contributed by atoms with Crippen LogP contribution in [0.2, 0.25) is 0 Å². The van der Waals surface area contributed by atoms with E-state index in [1.807, 2.05) is 0 Å². The molecule has 1 fully saturated rings. The molecule has 0 radical (unpaired) electrons. The molecule has 2 N–H and O–H groups in total. The summed E-state index contributed by atoms with van der Waals surface area (Å²) in [6, 6.07) is 2.04. The van der Waals surface area contributed by atoms with E-state index < -0.39 is 47.7 Å². The Labute approximate surface area is 203 Å². The summed E-state index contributed by atoms with van der Waals surface area (Å²) < 4.78 is 57.6. The lowest BCUT2D eigenvalue weighted by molar-refractivity contribution is -0.141. The van der Waals surface area contributed by atoms with Gasteiger partial charge in [0.1, 0.15) is 23.5 Å². The van der Waals surface area contributed by atoms with Crippen LogP contribution in [0.5, 0.6) is 0 Å². The second-order valence-corrected chi connectivity index (χ2v) is 9.16. The predicted molar refractivity (Wildman–Crippen MR) is 118 cm³/mol. The predicted octanol–water partition coefficient (Wildman–Crippen LogP) is 3.82. The van der Waals surface area contributed by atoms with Crippen molar-refractivity contribution < 1.29 is 41.8 Å². The van der Waals surface area contributed by atoms with Crippen LogP contribution in [-0.2, 0) is 22.3 Å². The number of ether oxygens (including phenoxy) is 1. The second kappa shape index (κ2) is 10.1. The quantitative estimate of drug-likeness (QED) is 0.584. The number of carboxylic acids is 1. The molecule has 2 amide bonds. The molecule has 1 aliphatic heterocycles. The fourth-order valence-electron chi connectivity index (χ4n) is 3.56. The van der Waals surface area contributed by atoms with Gasteiger partial charge in [-0.15, -0.1) is 0 Å². The first-order valence-corrected chi connectivity index (χ1v) is 10.8. The monoisotopic (exact) mass is 512 g/mol. The number of alkyl halides is 4. The molecule has 2 aromatic heterocycles. The fraction of sp³-hybridized carbons (Fsp3) is 0.435. The van der Waals surface area contributed by atoms with Gasteiger partial charge in [-0.05, 0) is 44.5 Å². The number of nitrogens with zero attached hydrogens (tertiary/aromatic N) is 3. The number of hydrogen-bond donors (Lipinski definition) is 2. The van der Waals surface area contributed by atoms with Gasteiger partial charge < -0.3 is 15.2 Å². The zero-order valence-electron chi connectivity index (χ0n) is 19.6. The minimum absolute atomic E-state index is 0.0966. The number of rotatable bonds is 5. The molecule has 0 aromatic carbocycles. The zero-order valence-corrected chi connectivity index (χ0v) is 19.6. The molecule has 0 aliphatic carbocycles. The summed E-state index contributed by atoms with van der Waals surface area (Å²) in [7, 11) is 0. The molecule has 1 aliphatic rings. The first kappa shape index (κ1) is 26.8. The van der Waals surface area contributed by atoms with Crippen molar-refractivity contribution in [2.45, 2.75) is 57.7 Å². The van der Waals surface area contributed by atoms with Crippen LogP contribution in [0.15, 0.2) is 30.6 Å². The lowest BCUT2D eigenvalue weighted by atomic mass is 10.1. The van der Waals surface area contributed by atoms with E-state index in [0.29, 0.717) is 0 Å². The standard InChI is InChI=1S/C23H24F4N4O5/c1-22(2,3)36-21(35)31-11-14(24)7-17(31)19(32)30-9-13-6-16(28-10-15(13)20(33)34)12-4-5-18(29-8-12)23(25,26)27/h4-6,8,10,14,17H,7,9,11H2,1-3H3,(H,30,32)(H,33,34). The van der Waals surface area contributed by atoms with Crippen molar-refractivity contribution in [3.8, 4) is 11.3 Å². The number of halogens is 4. The van der Waals surface area contributed by atoms with E-state index in [1.54, 1.807) is 20.8 Å². The van der Waals surface area contributed by atoms with E-state index in [2.05, 4.69) is 15.3 Å². The van der Waals surface area contributed by atoms with Gasteiger partial charge in [-0.2, -0.15) is 13.2 Å². The molecule has 13 heteroatoms. The molecule has 1 saturated heterocycles. The maximum absolute atomic E-state index is 14.1. The Morgan fingerprint density at radius 2 is 1.86 bits per heavy atom. The number of aromatic carboxylic acids is 1. The SMILES string of the molecule is CC(C)(C)OC(=O)N1CC(F)CC1C(=O)NCc1cc(-c2ccc(C(F)(F)F)nc2)ncc1C(=O)O. The number of pyridine rings is 2. The van der Waals surface area contributed by atoms with Crippen LogP contribution in [0, 0.1) is 0 Å². The molecule has 194 valence electrons. The molecule has 2 atom stereocenters. The fourth-order valence-corrected chi connectivity index (χ4v) is 3.56. The molecular weight excluding hydrogens is 488 g/mol. The summed E-state index contributed by atoms with van der Waals surface area (Å²) in [6.07, 6.45) is -5.21. The lowest BCUT2D eigenvalue weighted by Crippen LogP contribution is -2.47. The van der Waals surface area contributed by atoms with Gasteiger partial charge in [0, 0.05) is 30.9 Å². The number of hydrogen-bond acceptors (Lipinski definition) is 6. The number of amides is 2. The van der Waals surface area contributed by atoms with Crippen LogP contribution >= 0.6 is 0 Å². The largest absolute Gasteiger partial charge is 0.478 e. The van der Waals surface area contributed by atoms with Crippen LogP contribution < -0.4 is 5.32 Å². The third-order valence-electron chi connectivity index (χ3n) is 5.20. The van der Waals surface area contributed by atoms with Crippen molar-refractivity contribution in [2.75, 3.05) is 6.54 Å². The van der Waals surface area contributed by atoms with E-state index in [1.165, 1.54) is 6.07 Å². The summed E-state index contributed by atoms with van der Waals surface area (Å²) in [4.78, 5) is 45.2. The Morgan fingerprint density at radius 1 is 1.17 bits per heavy atom. The Morgan fingerprint density at radius 3 is 2.42 bits per heavy atom. The van der Waals surface area contributed by atoms with Crippen molar-refractivity contribution in [3.63, 3.8) is 0 Å². The highest BCUT2D eigenvalue weighted by Gasteiger charge is 2.41. The Balaban J connectivity index is 1.79. The van der Waals surface area contributed by atoms with E-state index in [-0.39, 0.29) is 41.9 Å². The minimum Gasteiger partial charge on any atom is -0.478 e. The van der Waals surface area contributed by atoms with Crippen molar-refractivity contribution in [1.82, 2.24) is 20.2 Å². The number of carbonyl (C=O) groups is 3. The van der Waals surface area contributed by atoms with Crippen molar-refractivity contribution in [1.29, 1.82) is 0 Å². The normalized spacial score (nSPS) is 18.1. The summed E-state index contributed by atoms with van der Waals surface area (Å²) in [5.74, 6) is -2.06. The van der Waals surface area contributed by atoms with Gasteiger partial charge in [-0.1, -0.05) is 0 Å². The summed E-state index contributed by atoms with van der Waals surface area (Å²) in [5, 5.41) is 12.0. The smallest absolute Gasteiger partial charge is 0.433 e. The van der Waals surface area contributed by atoms with Gasteiger partial charge in [0.25, 0.3) is 0 Å². The van der Waals surface area contributed by atoms with Gasteiger partial charge in [0.15, 0.2) is 0 Å². The summed E-state index contributed by atoms with van der Waals surface area (Å²) in [5.41, 5.74) is -1.79. The number of carboxylic acid groups (broad SMARTS) is 1. The molecule has 2 aromatic rings. The summed E-state index contributed by atoms with van der Waals surface area (Å²) in [6.45, 7) is 4.24. The maximum Gasteiger partial charge on any atom is 0.433 e. The van der Waals surface area contributed by atoms with E-state index in [9.17, 15) is 37.1 Å². The van der Waals surface area contributed by atoms with Crippen molar-refractivity contribution in [3.05, 3.63) is 47.4 Å². The van der Waals surface area contributed by atoms with E-state index in [4.69, 9.17) is 4.74 Å². The van der Waals surface area contributed by atoms with Gasteiger partial charge >= 0.3 is 18.2 Å². The molecule has 2 unspecified atom stereocenters. The zero-order chi connectivity index (χ0) is 26.8.